The van der Waals surface area contributed by atoms with Crippen molar-refractivity contribution in [2.45, 2.75) is 64.3 Å². The molecule has 1 unspecified atom stereocenters. The Morgan fingerprint density at radius 3 is 2.40 bits per heavy atom. The summed E-state index contributed by atoms with van der Waals surface area (Å²) in [4.78, 5) is 31.5. The lowest BCUT2D eigenvalue weighted by molar-refractivity contribution is -0.128. The lowest BCUT2D eigenvalue weighted by Gasteiger charge is -2.59. The number of esters is 1. The van der Waals surface area contributed by atoms with Gasteiger partial charge < -0.3 is 10.1 Å². The third-order valence-electron chi connectivity index (χ3n) is 10.1. The van der Waals surface area contributed by atoms with Gasteiger partial charge in [0.15, 0.2) is 6.61 Å². The Morgan fingerprint density at radius 1 is 1.02 bits per heavy atom. The summed E-state index contributed by atoms with van der Waals surface area (Å²) < 4.78 is 5.70. The Bertz CT molecular complexity index is 1490. The molecule has 5 nitrogen and oxygen atoms in total. The van der Waals surface area contributed by atoms with E-state index in [4.69, 9.17) is 21.3 Å². The average Bonchev–Trinajstić information content (AvgIpc) is 3.32. The molecule has 0 spiro atoms. The van der Waals surface area contributed by atoms with Crippen LogP contribution in [0.4, 0.5) is 0 Å². The number of hydrogen-bond acceptors (Lipinski definition) is 4. The summed E-state index contributed by atoms with van der Waals surface area (Å²) >= 11 is 6.07. The first kappa shape index (κ1) is 25.8. The molecule has 0 aliphatic heterocycles. The number of hydrogen-bond donors (Lipinski definition) is 1. The van der Waals surface area contributed by atoms with Gasteiger partial charge in [-0.3, -0.25) is 4.79 Å². The smallest absolute Gasteiger partial charge is 0.339 e. The van der Waals surface area contributed by atoms with Crippen molar-refractivity contribution in [2.75, 3.05) is 6.61 Å². The molecule has 2 aromatic carbocycles. The van der Waals surface area contributed by atoms with Crippen molar-refractivity contribution in [2.24, 2.45) is 23.2 Å². The Labute approximate surface area is 240 Å². The zero-order valence-corrected chi connectivity index (χ0v) is 23.7. The highest BCUT2D eigenvalue weighted by Gasteiger charge is 2.53. The van der Waals surface area contributed by atoms with Crippen molar-refractivity contribution in [3.63, 3.8) is 0 Å². The third-order valence-corrected chi connectivity index (χ3v) is 10.3. The maximum absolute atomic E-state index is 13.6. The van der Waals surface area contributed by atoms with Crippen molar-refractivity contribution < 1.29 is 14.3 Å². The van der Waals surface area contributed by atoms with Gasteiger partial charge in [0.2, 0.25) is 0 Å². The number of rotatable bonds is 6. The molecule has 5 aliphatic rings. The molecule has 8 rings (SSSR count). The molecule has 0 radical (unpaired) electrons. The molecule has 4 bridgehead atoms. The second-order valence-corrected chi connectivity index (χ2v) is 13.1. The number of ether oxygens (including phenoxy) is 1. The quantitative estimate of drug-likeness (QED) is 0.326. The van der Waals surface area contributed by atoms with E-state index in [1.165, 1.54) is 38.5 Å². The number of benzene rings is 2. The van der Waals surface area contributed by atoms with Crippen LogP contribution in [0.2, 0.25) is 5.02 Å². The molecule has 40 heavy (non-hydrogen) atoms. The first-order valence-corrected chi connectivity index (χ1v) is 15.1. The monoisotopic (exact) mass is 554 g/mol. The zero-order valence-electron chi connectivity index (χ0n) is 22.9. The molecule has 1 amide bonds. The van der Waals surface area contributed by atoms with E-state index in [-0.39, 0.29) is 24.0 Å². The molecule has 4 saturated carbocycles. The second kappa shape index (κ2) is 10.0. The van der Waals surface area contributed by atoms with Gasteiger partial charge in [0.1, 0.15) is 0 Å². The van der Waals surface area contributed by atoms with Gasteiger partial charge in [-0.25, -0.2) is 9.78 Å². The summed E-state index contributed by atoms with van der Waals surface area (Å²) in [6.45, 7) is 1.89. The summed E-state index contributed by atoms with van der Waals surface area (Å²) in [5.74, 6) is 1.80. The lowest BCUT2D eigenvalue weighted by atomic mass is 9.48. The van der Waals surface area contributed by atoms with E-state index >= 15 is 0 Å². The molecule has 1 atom stereocenters. The Kier molecular flexibility index (Phi) is 6.46. The van der Waals surface area contributed by atoms with Crippen LogP contribution >= 0.6 is 11.6 Å². The third kappa shape index (κ3) is 4.62. The van der Waals surface area contributed by atoms with Gasteiger partial charge in [-0.1, -0.05) is 41.9 Å². The van der Waals surface area contributed by atoms with E-state index in [0.29, 0.717) is 17.0 Å². The first-order chi connectivity index (χ1) is 19.4. The summed E-state index contributed by atoms with van der Waals surface area (Å²) in [5, 5.41) is 4.68. The number of carbonyl (C=O) groups excluding carboxylic acids is 2. The van der Waals surface area contributed by atoms with E-state index in [1.807, 2.05) is 48.5 Å². The predicted octanol–water partition coefficient (Wildman–Crippen LogP) is 7.25. The van der Waals surface area contributed by atoms with Crippen LogP contribution in [0.15, 0.2) is 48.5 Å². The maximum atomic E-state index is 13.6. The largest absolute Gasteiger partial charge is 0.452 e. The minimum absolute atomic E-state index is 0.0960. The number of amides is 1. The van der Waals surface area contributed by atoms with Crippen molar-refractivity contribution >= 4 is 46.0 Å². The number of pyridine rings is 1. The number of nitrogens with zero attached hydrogens (tertiary/aromatic N) is 1. The highest BCUT2D eigenvalue weighted by molar-refractivity contribution is 6.30. The SMILES string of the molecule is CC(NC(=O)COC(=O)c1c2c(nc3ccccc13)/C(=C\c1ccc(Cl)cc1)CC2)C12CC3CC(CC(C3)C1)C2. The molecule has 1 heterocycles. The van der Waals surface area contributed by atoms with E-state index in [9.17, 15) is 9.59 Å². The molecule has 4 fully saturated rings. The fourth-order valence-corrected chi connectivity index (χ4v) is 8.75. The second-order valence-electron chi connectivity index (χ2n) is 12.7. The van der Waals surface area contributed by atoms with Crippen LogP contribution < -0.4 is 5.32 Å². The molecule has 3 aromatic rings. The molecule has 0 saturated heterocycles. The van der Waals surface area contributed by atoms with Gasteiger partial charge in [0.25, 0.3) is 5.91 Å². The van der Waals surface area contributed by atoms with Crippen LogP contribution in [-0.2, 0) is 16.0 Å². The number of allylic oxidation sites excluding steroid dienone is 1. The molecule has 6 heteroatoms. The van der Waals surface area contributed by atoms with E-state index < -0.39 is 5.97 Å². The minimum atomic E-state index is -0.458. The minimum Gasteiger partial charge on any atom is -0.452 e. The lowest BCUT2D eigenvalue weighted by Crippen LogP contribution is -2.56. The average molecular weight is 555 g/mol. The normalized spacial score (nSPS) is 28.1. The fraction of sp³-hybridized carbons (Fsp3) is 0.441. The number of fused-ring (bicyclic) bond motifs is 2. The highest BCUT2D eigenvalue weighted by Crippen LogP contribution is 2.61. The van der Waals surface area contributed by atoms with Crippen LogP contribution in [-0.4, -0.2) is 29.5 Å². The number of aromatic nitrogens is 1. The predicted molar refractivity (Wildman–Crippen MR) is 158 cm³/mol. The van der Waals surface area contributed by atoms with Gasteiger partial charge in [0.05, 0.1) is 16.8 Å². The Morgan fingerprint density at radius 2 is 1.70 bits per heavy atom. The van der Waals surface area contributed by atoms with Gasteiger partial charge in [-0.05, 0) is 122 Å². The number of nitrogens with one attached hydrogen (secondary N) is 1. The van der Waals surface area contributed by atoms with Gasteiger partial charge in [0, 0.05) is 16.5 Å². The maximum Gasteiger partial charge on any atom is 0.339 e. The summed E-state index contributed by atoms with van der Waals surface area (Å²) in [6, 6.07) is 15.5. The Balaban J connectivity index is 1.09. The number of carbonyl (C=O) groups is 2. The van der Waals surface area contributed by atoms with Gasteiger partial charge in [-0.15, -0.1) is 0 Å². The van der Waals surface area contributed by atoms with Crippen LogP contribution in [0, 0.1) is 23.2 Å². The zero-order chi connectivity index (χ0) is 27.4. The van der Waals surface area contributed by atoms with Crippen LogP contribution in [0.3, 0.4) is 0 Å². The Hall–Kier alpha value is -3.18. The topological polar surface area (TPSA) is 68.3 Å². The highest BCUT2D eigenvalue weighted by atomic mass is 35.5. The standard InChI is InChI=1S/C34H35ClN2O3/c1-20(34-16-22-12-23(17-34)14-24(13-22)18-34)36-30(38)19-40-33(39)31-27-4-2-3-5-29(27)37-32-25(8-11-28(31)32)15-21-6-9-26(35)10-7-21/h2-7,9-10,15,20,22-24H,8,11-14,16-19H2,1H3,(H,36,38)/b25-15-. The molecular weight excluding hydrogens is 520 g/mol. The van der Waals surface area contributed by atoms with Gasteiger partial charge in [-0.2, -0.15) is 0 Å². The summed E-state index contributed by atoms with van der Waals surface area (Å²) in [6.07, 6.45) is 11.4. The van der Waals surface area contributed by atoms with Crippen molar-refractivity contribution in [3.05, 3.63) is 75.9 Å². The van der Waals surface area contributed by atoms with E-state index in [1.54, 1.807) is 0 Å². The van der Waals surface area contributed by atoms with Crippen LogP contribution in [0.1, 0.15) is 79.0 Å². The van der Waals surface area contributed by atoms with Crippen molar-refractivity contribution in [1.29, 1.82) is 0 Å². The molecule has 5 aliphatic carbocycles. The number of halogens is 1. The first-order valence-electron chi connectivity index (χ1n) is 14.7. The molecular formula is C34H35ClN2O3. The summed E-state index contributed by atoms with van der Waals surface area (Å²) in [7, 11) is 0. The fourth-order valence-electron chi connectivity index (χ4n) is 8.62. The molecule has 206 valence electrons. The van der Waals surface area contributed by atoms with Crippen molar-refractivity contribution in [1.82, 2.24) is 10.3 Å². The van der Waals surface area contributed by atoms with E-state index in [2.05, 4.69) is 18.3 Å². The van der Waals surface area contributed by atoms with Crippen LogP contribution in [0.5, 0.6) is 0 Å². The molecule has 1 N–H and O–H groups in total. The summed E-state index contributed by atoms with van der Waals surface area (Å²) in [5.41, 5.74) is 5.34. The van der Waals surface area contributed by atoms with Crippen LogP contribution in [0.25, 0.3) is 22.6 Å². The number of para-hydroxylation sites is 1. The van der Waals surface area contributed by atoms with Gasteiger partial charge >= 0.3 is 5.97 Å². The molecule has 1 aromatic heterocycles. The van der Waals surface area contributed by atoms with Crippen molar-refractivity contribution in [3.8, 4) is 0 Å². The van der Waals surface area contributed by atoms with E-state index in [0.717, 1.165) is 57.5 Å².